The van der Waals surface area contributed by atoms with Crippen molar-refractivity contribution in [3.05, 3.63) is 39.9 Å². The van der Waals surface area contributed by atoms with Crippen LogP contribution in [0.15, 0.2) is 23.0 Å². The number of benzene rings is 1. The summed E-state index contributed by atoms with van der Waals surface area (Å²) in [7, 11) is 4.20. The number of aromatic hydroxyl groups is 1. The van der Waals surface area contributed by atoms with Gasteiger partial charge in [0.1, 0.15) is 22.9 Å². The second-order valence-electron chi connectivity index (χ2n) is 11.5. The average molecular weight is 667 g/mol. The highest BCUT2D eigenvalue weighted by atomic mass is 35.5. The van der Waals surface area contributed by atoms with Crippen LogP contribution in [-0.2, 0) is 25.6 Å². The monoisotopic (exact) mass is 666 g/mol. The van der Waals surface area contributed by atoms with Crippen molar-refractivity contribution in [1.29, 1.82) is 0 Å². The molecular weight excluding hydrogens is 636 g/mol. The molecular formula is C27H31Cl2F3N4O8. The Balaban J connectivity index is 0.00000264. The van der Waals surface area contributed by atoms with Gasteiger partial charge in [0.25, 0.3) is 11.8 Å². The van der Waals surface area contributed by atoms with E-state index in [-0.39, 0.29) is 43.2 Å². The molecule has 12 nitrogen and oxygen atoms in total. The number of hydrogen-bond donors (Lipinski definition) is 6. The minimum atomic E-state index is -3.14. The lowest BCUT2D eigenvalue weighted by atomic mass is 9.57. The molecule has 3 aliphatic carbocycles. The number of aliphatic hydroxyl groups is 3. The molecule has 1 saturated heterocycles. The summed E-state index contributed by atoms with van der Waals surface area (Å²) in [4.78, 5) is 54.2. The van der Waals surface area contributed by atoms with Gasteiger partial charge in [-0.3, -0.25) is 29.0 Å². The molecule has 4 aliphatic rings. The van der Waals surface area contributed by atoms with E-state index in [4.69, 9.17) is 5.73 Å². The van der Waals surface area contributed by atoms with Crippen LogP contribution in [-0.4, -0.2) is 105 Å². The van der Waals surface area contributed by atoms with Crippen molar-refractivity contribution in [3.63, 3.8) is 0 Å². The summed E-state index contributed by atoms with van der Waals surface area (Å²) in [5.41, 5.74) is -0.432. The van der Waals surface area contributed by atoms with Gasteiger partial charge in [0.05, 0.1) is 29.9 Å². The highest BCUT2D eigenvalue weighted by molar-refractivity contribution is 6.24. The lowest BCUT2D eigenvalue weighted by molar-refractivity contribution is -0.153. The minimum Gasteiger partial charge on any atom is -0.508 e. The number of amides is 2. The van der Waals surface area contributed by atoms with Crippen LogP contribution in [0, 0.1) is 17.7 Å². The fourth-order valence-electron chi connectivity index (χ4n) is 6.85. The molecule has 17 heteroatoms. The van der Waals surface area contributed by atoms with Gasteiger partial charge in [0.2, 0.25) is 11.7 Å². The Morgan fingerprint density at radius 2 is 1.77 bits per heavy atom. The molecule has 44 heavy (non-hydrogen) atoms. The largest absolute Gasteiger partial charge is 0.508 e. The number of carbonyl (C=O) groups excluding carboxylic acids is 4. The first-order valence-electron chi connectivity index (χ1n) is 13.0. The number of rotatable bonds is 4. The molecule has 5 atom stereocenters. The summed E-state index contributed by atoms with van der Waals surface area (Å²) in [6.07, 6.45) is -1.33. The molecule has 0 aromatic heterocycles. The number of halogens is 5. The maximum atomic E-state index is 15.4. The van der Waals surface area contributed by atoms with Crippen molar-refractivity contribution in [2.75, 3.05) is 33.0 Å². The molecule has 1 aromatic carbocycles. The fourth-order valence-corrected chi connectivity index (χ4v) is 6.85. The van der Waals surface area contributed by atoms with Gasteiger partial charge in [-0.05, 0) is 39.9 Å². The van der Waals surface area contributed by atoms with Gasteiger partial charge in [-0.1, -0.05) is 0 Å². The number of alkyl halides is 2. The molecule has 0 spiro atoms. The second-order valence-corrected chi connectivity index (χ2v) is 11.5. The highest BCUT2D eigenvalue weighted by Crippen LogP contribution is 2.53. The molecule has 5 rings (SSSR count). The molecule has 0 radical (unpaired) electrons. The number of nitrogens with zero attached hydrogens (tertiary/aromatic N) is 2. The maximum absolute atomic E-state index is 15.4. The molecule has 2 amide bonds. The Bertz CT molecular complexity index is 1530. The lowest BCUT2D eigenvalue weighted by Crippen LogP contribution is -2.65. The summed E-state index contributed by atoms with van der Waals surface area (Å²) in [5.74, 6) is -14.1. The molecule has 1 saturated carbocycles. The maximum Gasteiger partial charge on any atom is 0.262 e. The van der Waals surface area contributed by atoms with E-state index in [1.165, 1.54) is 26.0 Å². The van der Waals surface area contributed by atoms with E-state index in [2.05, 4.69) is 5.32 Å². The number of nitrogens with two attached hydrogens (primary N) is 1. The normalized spacial score (nSPS) is 29.4. The molecule has 1 aliphatic heterocycles. The molecule has 1 aromatic rings. The number of ketones is 2. The van der Waals surface area contributed by atoms with Crippen LogP contribution >= 0.6 is 24.8 Å². The van der Waals surface area contributed by atoms with E-state index in [9.17, 15) is 48.4 Å². The van der Waals surface area contributed by atoms with Crippen molar-refractivity contribution in [3.8, 4) is 5.75 Å². The van der Waals surface area contributed by atoms with Crippen LogP contribution in [0.1, 0.15) is 24.0 Å². The Labute approximate surface area is 261 Å². The molecule has 1 heterocycles. The third-order valence-electron chi connectivity index (χ3n) is 8.73. The van der Waals surface area contributed by atoms with E-state index in [0.29, 0.717) is 0 Å². The van der Waals surface area contributed by atoms with Crippen LogP contribution < -0.4 is 11.1 Å². The third-order valence-corrected chi connectivity index (χ3v) is 8.73. The number of likely N-dealkylation sites (N-methyl/N-ethyl adjacent to an activating group) is 2. The second kappa shape index (κ2) is 11.5. The van der Waals surface area contributed by atoms with Gasteiger partial charge in [-0.15, -0.1) is 24.8 Å². The molecule has 242 valence electrons. The van der Waals surface area contributed by atoms with Crippen LogP contribution in [0.25, 0.3) is 5.76 Å². The van der Waals surface area contributed by atoms with Gasteiger partial charge in [-0.25, -0.2) is 13.2 Å². The van der Waals surface area contributed by atoms with Crippen LogP contribution in [0.4, 0.5) is 18.9 Å². The average Bonchev–Trinajstić information content (AvgIpc) is 3.16. The smallest absolute Gasteiger partial charge is 0.262 e. The SMILES string of the molecule is CN(C)[C@@H]1C(=O)C(C(N)=O)=C(O)[C@@]2(O)C(=O)C3=C(O)c4c(O)c(NC(=O)[C@@H]5CC(F)(F)CN5C)cc(F)c4C[C@H]3C[C@@H]12.Cl.Cl. The number of primary amides is 1. The summed E-state index contributed by atoms with van der Waals surface area (Å²) in [6, 6.07) is -1.83. The number of carbonyl (C=O) groups is 4. The Morgan fingerprint density at radius 3 is 2.30 bits per heavy atom. The zero-order chi connectivity index (χ0) is 31.2. The Kier molecular flexibility index (Phi) is 9.20. The molecule has 0 bridgehead atoms. The summed E-state index contributed by atoms with van der Waals surface area (Å²) in [5, 5.41) is 46.9. The van der Waals surface area contributed by atoms with Gasteiger partial charge in [-0.2, -0.15) is 0 Å². The third kappa shape index (κ3) is 5.00. The lowest BCUT2D eigenvalue weighted by Gasteiger charge is -2.50. The van der Waals surface area contributed by atoms with Gasteiger partial charge < -0.3 is 31.5 Å². The quantitative estimate of drug-likeness (QED) is 0.201. The number of anilines is 1. The first kappa shape index (κ1) is 35.1. The zero-order valence-corrected chi connectivity index (χ0v) is 25.2. The number of phenols is 1. The van der Waals surface area contributed by atoms with Gasteiger partial charge in [0.15, 0.2) is 17.1 Å². The number of phenolic OH excluding ortho intramolecular Hbond substituents is 1. The summed E-state index contributed by atoms with van der Waals surface area (Å²) in [6.45, 7) is -0.686. The Morgan fingerprint density at radius 1 is 1.16 bits per heavy atom. The van der Waals surface area contributed by atoms with Gasteiger partial charge in [0, 0.05) is 29.5 Å². The topological polar surface area (TPSA) is 194 Å². The number of likely N-dealkylation sites (tertiary alicyclic amines) is 1. The van der Waals surface area contributed by atoms with Crippen molar-refractivity contribution >= 4 is 59.6 Å². The number of aliphatic hydroxyl groups excluding tert-OH is 2. The van der Waals surface area contributed by atoms with E-state index < -0.39 is 117 Å². The van der Waals surface area contributed by atoms with E-state index in [1.54, 1.807) is 0 Å². The van der Waals surface area contributed by atoms with E-state index in [0.717, 1.165) is 11.0 Å². The molecule has 2 fully saturated rings. The Hall–Kier alpha value is -3.37. The molecule has 7 N–H and O–H groups in total. The van der Waals surface area contributed by atoms with Gasteiger partial charge >= 0.3 is 0 Å². The summed E-state index contributed by atoms with van der Waals surface area (Å²) < 4.78 is 43.0. The van der Waals surface area contributed by atoms with Crippen LogP contribution in [0.3, 0.4) is 0 Å². The number of nitrogens with one attached hydrogen (secondary N) is 1. The number of fused-ring (bicyclic) bond motifs is 3. The van der Waals surface area contributed by atoms with Crippen LogP contribution in [0.2, 0.25) is 0 Å². The van der Waals surface area contributed by atoms with E-state index >= 15 is 4.39 Å². The first-order chi connectivity index (χ1) is 19.4. The minimum absolute atomic E-state index is 0. The number of hydrogen-bond acceptors (Lipinski definition) is 10. The van der Waals surface area contributed by atoms with Crippen molar-refractivity contribution < 1.29 is 52.8 Å². The van der Waals surface area contributed by atoms with Crippen LogP contribution in [0.5, 0.6) is 5.75 Å². The predicted octanol–water partition coefficient (Wildman–Crippen LogP) is 1.22. The fraction of sp³-hybridized carbons (Fsp3) is 0.481. The summed E-state index contributed by atoms with van der Waals surface area (Å²) >= 11 is 0. The predicted molar refractivity (Wildman–Crippen MR) is 153 cm³/mol. The van der Waals surface area contributed by atoms with Crippen molar-refractivity contribution in [1.82, 2.24) is 9.80 Å². The standard InChI is InChI=1S/C27H29F3N4O8.2ClH/c1-33(2)18-11-5-9-4-10-12(28)6-13(32-25(41)14-7-26(29,30)8-34(14)3)19(35)16(10)20(36)15(9)22(38)27(11,42)23(39)17(21(18)37)24(31)40;;/h6,9,11,14,18,35-36,39,42H,4-5,7-8H2,1-3H3,(H2,31,40)(H,32,41);2*1H/t9-,11-,14-,18-,27-;;/m0../s1. The van der Waals surface area contributed by atoms with E-state index in [1.807, 2.05) is 0 Å². The molecule has 0 unspecified atom stereocenters. The zero-order valence-electron chi connectivity index (χ0n) is 23.6. The number of Topliss-reactive ketones (excluding diaryl/α,β-unsaturated/α-hetero) is 2. The highest BCUT2D eigenvalue weighted by Gasteiger charge is 2.64. The van der Waals surface area contributed by atoms with Crippen molar-refractivity contribution in [2.45, 2.75) is 42.9 Å². The van der Waals surface area contributed by atoms with Crippen molar-refractivity contribution in [2.24, 2.45) is 17.6 Å². The first-order valence-corrected chi connectivity index (χ1v) is 13.0.